The molecule has 290 valence electrons. The molecule has 0 radical (unpaired) electrons. The van der Waals surface area contributed by atoms with E-state index in [9.17, 15) is 0 Å². The molecule has 58 heavy (non-hydrogen) atoms. The molecular weight excluding hydrogens is 719 g/mol. The predicted molar refractivity (Wildman–Crippen MR) is 231 cm³/mol. The van der Waals surface area contributed by atoms with Crippen molar-refractivity contribution in [1.82, 2.24) is 19.3 Å². The molecule has 7 aromatic rings. The average Bonchev–Trinajstić information content (AvgIpc) is 3.67. The summed E-state index contributed by atoms with van der Waals surface area (Å²) in [5, 5.41) is 0.804. The normalized spacial score (nSPS) is 15.9. The molecule has 9 rings (SSSR count). The second-order valence-corrected chi connectivity index (χ2v) is 15.4. The summed E-state index contributed by atoms with van der Waals surface area (Å²) in [5.74, 6) is 0.534. The number of piperazine rings is 1. The molecule has 2 aliphatic rings. The summed E-state index contributed by atoms with van der Waals surface area (Å²) < 4.78 is 8.11. The maximum atomic E-state index is 15.0. The molecule has 0 bridgehead atoms. The maximum absolute atomic E-state index is 15.0. The van der Waals surface area contributed by atoms with Crippen molar-refractivity contribution in [1.29, 1.82) is 0 Å². The summed E-state index contributed by atoms with van der Waals surface area (Å²) in [6.07, 6.45) is 2.72. The van der Waals surface area contributed by atoms with E-state index in [1.165, 1.54) is 11.1 Å². The van der Waals surface area contributed by atoms with E-state index in [2.05, 4.69) is 46.0 Å². The van der Waals surface area contributed by atoms with Crippen LogP contribution in [0.2, 0.25) is 0 Å². The standard InChI is InChI=1S/C50H47N5O3/c1-51-28-30-52(31-29-51)34-42-32-38-16-8-9-17-39(38)33-53(42)49(56)45-21-11-13-23-48(45)54-35-46(44-20-10-12-22-47(44)54)50(57)55(40-18-6-3-7-19-40)41-24-26-43(27-25-41)58-36-37-14-4-2-5-15-37/h2-27,35,42H,28-34,36H2,1H3/t42-/m0/s1. The average molecular weight is 766 g/mol. The fourth-order valence-corrected chi connectivity index (χ4v) is 8.40. The number of carbonyl (C=O) groups excluding carboxylic acids is 2. The molecular formula is C50H47N5O3. The first-order valence-corrected chi connectivity index (χ1v) is 20.1. The fourth-order valence-electron chi connectivity index (χ4n) is 8.40. The Bertz CT molecular complexity index is 2530. The Labute approximate surface area is 340 Å². The monoisotopic (exact) mass is 765 g/mol. The van der Waals surface area contributed by atoms with Gasteiger partial charge in [-0.1, -0.05) is 103 Å². The van der Waals surface area contributed by atoms with Gasteiger partial charge >= 0.3 is 0 Å². The Kier molecular flexibility index (Phi) is 10.6. The smallest absolute Gasteiger partial charge is 0.265 e. The van der Waals surface area contributed by atoms with Gasteiger partial charge in [-0.05, 0) is 84.8 Å². The Morgan fingerprint density at radius 3 is 2.07 bits per heavy atom. The Morgan fingerprint density at radius 1 is 0.655 bits per heavy atom. The van der Waals surface area contributed by atoms with Crippen LogP contribution in [0.1, 0.15) is 37.4 Å². The van der Waals surface area contributed by atoms with E-state index in [4.69, 9.17) is 4.74 Å². The largest absolute Gasteiger partial charge is 0.489 e. The number of ether oxygens (including phenoxy) is 1. The molecule has 1 atom stereocenters. The minimum Gasteiger partial charge on any atom is -0.489 e. The van der Waals surface area contributed by atoms with Crippen molar-refractivity contribution in [2.45, 2.75) is 25.6 Å². The molecule has 3 heterocycles. The molecule has 0 unspecified atom stereocenters. The number of para-hydroxylation sites is 3. The fraction of sp³-hybridized carbons (Fsp3) is 0.200. The van der Waals surface area contributed by atoms with Crippen molar-refractivity contribution in [2.75, 3.05) is 44.7 Å². The molecule has 2 amide bonds. The summed E-state index contributed by atoms with van der Waals surface area (Å²) >= 11 is 0. The number of hydrogen-bond donors (Lipinski definition) is 0. The van der Waals surface area contributed by atoms with E-state index < -0.39 is 0 Å². The highest BCUT2D eigenvalue weighted by Crippen LogP contribution is 2.35. The minimum atomic E-state index is -0.178. The molecule has 2 aliphatic heterocycles. The second-order valence-electron chi connectivity index (χ2n) is 15.4. The molecule has 0 N–H and O–H groups in total. The summed E-state index contributed by atoms with van der Waals surface area (Å²) in [5.41, 5.74) is 7.78. The van der Waals surface area contributed by atoms with Crippen LogP contribution in [-0.4, -0.2) is 76.9 Å². The Hall–Kier alpha value is -6.48. The van der Waals surface area contributed by atoms with Crippen molar-refractivity contribution in [3.8, 4) is 11.4 Å². The van der Waals surface area contributed by atoms with E-state index in [1.807, 2.05) is 144 Å². The molecule has 8 heteroatoms. The molecule has 8 nitrogen and oxygen atoms in total. The van der Waals surface area contributed by atoms with Crippen LogP contribution < -0.4 is 9.64 Å². The van der Waals surface area contributed by atoms with Crippen LogP contribution in [0.4, 0.5) is 11.4 Å². The third-order valence-corrected chi connectivity index (χ3v) is 11.6. The summed E-state index contributed by atoms with van der Waals surface area (Å²) in [7, 11) is 2.17. The zero-order valence-electron chi connectivity index (χ0n) is 32.8. The van der Waals surface area contributed by atoms with Crippen LogP contribution in [0.3, 0.4) is 0 Å². The third kappa shape index (κ3) is 7.64. The molecule has 0 saturated carbocycles. The van der Waals surface area contributed by atoms with Crippen LogP contribution in [0.25, 0.3) is 16.6 Å². The molecule has 1 aromatic heterocycles. The number of aromatic nitrogens is 1. The van der Waals surface area contributed by atoms with E-state index in [-0.39, 0.29) is 17.9 Å². The zero-order chi connectivity index (χ0) is 39.4. The molecule has 1 saturated heterocycles. The van der Waals surface area contributed by atoms with Gasteiger partial charge < -0.3 is 19.1 Å². The number of likely N-dealkylation sites (N-methyl/N-ethyl adjacent to an activating group) is 1. The van der Waals surface area contributed by atoms with Gasteiger partial charge in [-0.3, -0.25) is 19.4 Å². The highest BCUT2D eigenvalue weighted by molar-refractivity contribution is 6.17. The van der Waals surface area contributed by atoms with Crippen LogP contribution in [0, 0.1) is 0 Å². The number of fused-ring (bicyclic) bond motifs is 2. The predicted octanol–water partition coefficient (Wildman–Crippen LogP) is 9.00. The van der Waals surface area contributed by atoms with E-state index in [0.29, 0.717) is 35.7 Å². The van der Waals surface area contributed by atoms with E-state index >= 15 is 9.59 Å². The first-order valence-electron chi connectivity index (χ1n) is 20.1. The summed E-state index contributed by atoms with van der Waals surface area (Å²) in [6.45, 7) is 5.87. The van der Waals surface area contributed by atoms with Gasteiger partial charge in [0, 0.05) is 68.3 Å². The lowest BCUT2D eigenvalue weighted by molar-refractivity contribution is 0.0535. The molecule has 6 aromatic carbocycles. The Balaban J connectivity index is 1.06. The number of amides is 2. The van der Waals surface area contributed by atoms with Crippen LogP contribution >= 0.6 is 0 Å². The van der Waals surface area contributed by atoms with Gasteiger partial charge in [0.1, 0.15) is 12.4 Å². The van der Waals surface area contributed by atoms with Gasteiger partial charge in [0.15, 0.2) is 0 Å². The van der Waals surface area contributed by atoms with Crippen molar-refractivity contribution in [2.24, 2.45) is 0 Å². The van der Waals surface area contributed by atoms with Gasteiger partial charge in [0.05, 0.1) is 22.3 Å². The quantitative estimate of drug-likeness (QED) is 0.139. The topological polar surface area (TPSA) is 61.3 Å². The van der Waals surface area contributed by atoms with Gasteiger partial charge in [0.25, 0.3) is 11.8 Å². The number of anilines is 2. The van der Waals surface area contributed by atoms with E-state index in [1.54, 1.807) is 4.90 Å². The number of nitrogens with zero attached hydrogens (tertiary/aromatic N) is 5. The number of carbonyl (C=O) groups is 2. The van der Waals surface area contributed by atoms with E-state index in [0.717, 1.165) is 67.0 Å². The second kappa shape index (κ2) is 16.5. The zero-order valence-corrected chi connectivity index (χ0v) is 32.8. The van der Waals surface area contributed by atoms with Gasteiger partial charge in [-0.25, -0.2) is 0 Å². The first kappa shape index (κ1) is 37.1. The van der Waals surface area contributed by atoms with Gasteiger partial charge in [-0.15, -0.1) is 0 Å². The molecule has 0 spiro atoms. The van der Waals surface area contributed by atoms with Crippen molar-refractivity contribution in [3.05, 3.63) is 192 Å². The van der Waals surface area contributed by atoms with Gasteiger partial charge in [-0.2, -0.15) is 0 Å². The molecule has 0 aliphatic carbocycles. The van der Waals surface area contributed by atoms with Crippen LogP contribution in [0.15, 0.2) is 164 Å². The number of rotatable bonds is 10. The summed E-state index contributed by atoms with van der Waals surface area (Å²) in [4.78, 5) is 38.8. The maximum Gasteiger partial charge on any atom is 0.265 e. The summed E-state index contributed by atoms with van der Waals surface area (Å²) in [6, 6.07) is 51.8. The van der Waals surface area contributed by atoms with Crippen molar-refractivity contribution >= 4 is 34.1 Å². The minimum absolute atomic E-state index is 0.00428. The highest BCUT2D eigenvalue weighted by Gasteiger charge is 2.34. The Morgan fingerprint density at radius 2 is 1.29 bits per heavy atom. The number of benzene rings is 6. The lowest BCUT2D eigenvalue weighted by Gasteiger charge is -2.41. The SMILES string of the molecule is CN1CCN(C[C@@H]2Cc3ccccc3CN2C(=O)c2ccccc2-n2cc(C(=O)N(c3ccccc3)c3ccc(OCc4ccccc4)cc3)c3ccccc32)CC1. The first-order chi connectivity index (χ1) is 28.5. The van der Waals surface area contributed by atoms with Crippen molar-refractivity contribution in [3.63, 3.8) is 0 Å². The lowest BCUT2D eigenvalue weighted by atomic mass is 9.92. The molecule has 1 fully saturated rings. The van der Waals surface area contributed by atoms with Crippen LogP contribution in [0.5, 0.6) is 5.75 Å². The van der Waals surface area contributed by atoms with Crippen molar-refractivity contribution < 1.29 is 14.3 Å². The van der Waals surface area contributed by atoms with Gasteiger partial charge in [0.2, 0.25) is 0 Å². The van der Waals surface area contributed by atoms with Crippen LogP contribution in [-0.2, 0) is 19.6 Å². The highest BCUT2D eigenvalue weighted by atomic mass is 16.5. The third-order valence-electron chi connectivity index (χ3n) is 11.6. The lowest BCUT2D eigenvalue weighted by Crippen LogP contribution is -2.53. The number of hydrogen-bond acceptors (Lipinski definition) is 5.